The first kappa shape index (κ1) is 15.4. The van der Waals surface area contributed by atoms with Crippen LogP contribution in [0.3, 0.4) is 0 Å². The molecule has 0 spiro atoms. The Hall–Kier alpha value is -1.67. The van der Waals surface area contributed by atoms with Gasteiger partial charge in [0, 0.05) is 6.07 Å². The van der Waals surface area contributed by atoms with Gasteiger partial charge in [0.1, 0.15) is 18.5 Å². The lowest BCUT2D eigenvalue weighted by atomic mass is 10.3. The second kappa shape index (κ2) is 7.05. The molecule has 0 aliphatic carbocycles. The van der Waals surface area contributed by atoms with Gasteiger partial charge in [0.25, 0.3) is 0 Å². The van der Waals surface area contributed by atoms with Gasteiger partial charge in [0.2, 0.25) is 6.79 Å². The number of rotatable bonds is 5. The van der Waals surface area contributed by atoms with Gasteiger partial charge in [0.05, 0.1) is 6.54 Å². The zero-order valence-corrected chi connectivity index (χ0v) is 11.8. The van der Waals surface area contributed by atoms with Crippen molar-refractivity contribution < 1.29 is 19.3 Å². The first-order valence-corrected chi connectivity index (χ1v) is 5.41. The zero-order valence-electron chi connectivity index (χ0n) is 10.1. The molecule has 1 aromatic carbocycles. The van der Waals surface area contributed by atoms with Crippen LogP contribution in [0.2, 0.25) is 0 Å². The summed E-state index contributed by atoms with van der Waals surface area (Å²) in [6, 6.07) is 5.19. The van der Waals surface area contributed by atoms with E-state index in [4.69, 9.17) is 25.7 Å². The molecule has 8 heteroatoms. The summed E-state index contributed by atoms with van der Waals surface area (Å²) in [7, 11) is 0. The molecule has 0 radical (unpaired) electrons. The van der Waals surface area contributed by atoms with Gasteiger partial charge in [-0.2, -0.15) is 0 Å². The number of hydrogen-bond acceptors (Lipinski definition) is 5. The Morgan fingerprint density at radius 1 is 1.37 bits per heavy atom. The average Bonchev–Trinajstić information content (AvgIpc) is 2.81. The van der Waals surface area contributed by atoms with Crippen LogP contribution in [0.25, 0.3) is 0 Å². The number of guanidine groups is 1. The molecule has 5 N–H and O–H groups in total. The second-order valence-electron chi connectivity index (χ2n) is 3.75. The van der Waals surface area contributed by atoms with E-state index in [9.17, 15) is 5.11 Å². The Bertz CT molecular complexity index is 452. The minimum atomic E-state index is -0.766. The fourth-order valence-electron chi connectivity index (χ4n) is 1.42. The summed E-state index contributed by atoms with van der Waals surface area (Å²) in [5.41, 5.74) is 10.3. The fourth-order valence-corrected chi connectivity index (χ4v) is 1.42. The lowest BCUT2D eigenvalue weighted by Crippen LogP contribution is -2.27. The van der Waals surface area contributed by atoms with E-state index in [0.29, 0.717) is 17.2 Å². The van der Waals surface area contributed by atoms with Crippen molar-refractivity contribution in [2.24, 2.45) is 16.5 Å². The molecule has 0 bridgehead atoms. The van der Waals surface area contributed by atoms with Crippen molar-refractivity contribution in [2.45, 2.75) is 6.10 Å². The molecule has 0 aromatic heterocycles. The van der Waals surface area contributed by atoms with Crippen molar-refractivity contribution in [1.82, 2.24) is 0 Å². The molecule has 1 unspecified atom stereocenters. The minimum absolute atomic E-state index is 0. The smallest absolute Gasteiger partial charge is 0.231 e. The maximum atomic E-state index is 9.55. The lowest BCUT2D eigenvalue weighted by molar-refractivity contribution is 0.114. The fraction of sp³-hybridized carbons (Fsp3) is 0.364. The van der Waals surface area contributed by atoms with Gasteiger partial charge in [-0.1, -0.05) is 0 Å². The van der Waals surface area contributed by atoms with E-state index >= 15 is 0 Å². The highest BCUT2D eigenvalue weighted by molar-refractivity contribution is 8.93. The Labute approximate surface area is 120 Å². The van der Waals surface area contributed by atoms with Crippen LogP contribution >= 0.6 is 17.0 Å². The van der Waals surface area contributed by atoms with Crippen LogP contribution < -0.4 is 25.7 Å². The zero-order chi connectivity index (χ0) is 13.0. The van der Waals surface area contributed by atoms with E-state index in [0.717, 1.165) is 0 Å². The van der Waals surface area contributed by atoms with Crippen molar-refractivity contribution in [3.63, 3.8) is 0 Å². The summed E-state index contributed by atoms with van der Waals surface area (Å²) in [6.45, 7) is 0.412. The van der Waals surface area contributed by atoms with E-state index in [-0.39, 0.29) is 42.9 Å². The molecule has 1 aliphatic heterocycles. The van der Waals surface area contributed by atoms with E-state index in [2.05, 4.69) is 4.99 Å². The number of aliphatic hydroxyl groups excluding tert-OH is 1. The van der Waals surface area contributed by atoms with Crippen LogP contribution in [-0.2, 0) is 0 Å². The highest BCUT2D eigenvalue weighted by atomic mass is 79.9. The monoisotopic (exact) mass is 333 g/mol. The summed E-state index contributed by atoms with van der Waals surface area (Å²) in [4.78, 5) is 3.69. The van der Waals surface area contributed by atoms with Crippen LogP contribution in [0.1, 0.15) is 0 Å². The molecule has 1 aliphatic rings. The van der Waals surface area contributed by atoms with Gasteiger partial charge in [0.15, 0.2) is 17.5 Å². The van der Waals surface area contributed by atoms with Crippen molar-refractivity contribution in [2.75, 3.05) is 19.9 Å². The number of aliphatic hydroxyl groups is 1. The van der Waals surface area contributed by atoms with Gasteiger partial charge in [-0.15, -0.1) is 17.0 Å². The van der Waals surface area contributed by atoms with E-state index in [1.807, 2.05) is 0 Å². The third-order valence-corrected chi connectivity index (χ3v) is 2.27. The second-order valence-corrected chi connectivity index (χ2v) is 3.75. The maximum Gasteiger partial charge on any atom is 0.231 e. The Morgan fingerprint density at radius 2 is 2.11 bits per heavy atom. The van der Waals surface area contributed by atoms with Crippen LogP contribution in [0, 0.1) is 0 Å². The number of benzene rings is 1. The van der Waals surface area contributed by atoms with Crippen molar-refractivity contribution in [1.29, 1.82) is 0 Å². The number of nitrogens with zero attached hydrogens (tertiary/aromatic N) is 1. The molecule has 0 saturated heterocycles. The maximum absolute atomic E-state index is 9.55. The van der Waals surface area contributed by atoms with E-state index in [1.54, 1.807) is 18.2 Å². The third-order valence-electron chi connectivity index (χ3n) is 2.27. The van der Waals surface area contributed by atoms with Gasteiger partial charge in [-0.05, 0) is 12.1 Å². The van der Waals surface area contributed by atoms with Crippen LogP contribution in [-0.4, -0.2) is 37.1 Å². The Balaban J connectivity index is 0.00000180. The lowest BCUT2D eigenvalue weighted by Gasteiger charge is -2.10. The average molecular weight is 334 g/mol. The highest BCUT2D eigenvalue weighted by Gasteiger charge is 2.14. The number of fused-ring (bicyclic) bond motifs is 1. The Morgan fingerprint density at radius 3 is 2.84 bits per heavy atom. The van der Waals surface area contributed by atoms with Gasteiger partial charge in [-0.25, -0.2) is 0 Å². The van der Waals surface area contributed by atoms with Gasteiger partial charge >= 0.3 is 0 Å². The summed E-state index contributed by atoms with van der Waals surface area (Å²) >= 11 is 0. The number of aliphatic imine (C=N–C) groups is 1. The quantitative estimate of drug-likeness (QED) is 0.516. The van der Waals surface area contributed by atoms with Crippen molar-refractivity contribution in [3.05, 3.63) is 18.2 Å². The number of nitrogens with two attached hydrogens (primary N) is 2. The van der Waals surface area contributed by atoms with Gasteiger partial charge in [-0.3, -0.25) is 4.99 Å². The van der Waals surface area contributed by atoms with E-state index in [1.165, 1.54) is 0 Å². The molecule has 1 aromatic rings. The largest absolute Gasteiger partial charge is 0.491 e. The molecule has 106 valence electrons. The molecule has 19 heavy (non-hydrogen) atoms. The van der Waals surface area contributed by atoms with Crippen molar-refractivity contribution >= 4 is 22.9 Å². The van der Waals surface area contributed by atoms with Gasteiger partial charge < -0.3 is 30.8 Å². The van der Waals surface area contributed by atoms with Crippen LogP contribution in [0.15, 0.2) is 23.2 Å². The predicted octanol–water partition coefficient (Wildman–Crippen LogP) is 0.00630. The topological polar surface area (TPSA) is 112 Å². The number of halogens is 1. The number of ether oxygens (including phenoxy) is 3. The first-order valence-electron chi connectivity index (χ1n) is 5.41. The molecule has 1 atom stereocenters. The minimum Gasteiger partial charge on any atom is -0.491 e. The third kappa shape index (κ3) is 4.49. The molecule has 2 rings (SSSR count). The molecule has 0 fully saturated rings. The van der Waals surface area contributed by atoms with E-state index < -0.39 is 6.10 Å². The highest BCUT2D eigenvalue weighted by Crippen LogP contribution is 2.35. The standard InChI is InChI=1S/C11H15N3O4.BrH/c12-11(13)14-4-7(15)5-16-8-1-2-9-10(3-8)18-6-17-9;/h1-3,7,15H,4-6H2,(H4,12,13,14);1H. The first-order chi connectivity index (χ1) is 8.65. The van der Waals surface area contributed by atoms with Crippen molar-refractivity contribution in [3.8, 4) is 17.2 Å². The molecular formula is C11H16BrN3O4. The molecule has 1 heterocycles. The summed E-state index contributed by atoms with van der Waals surface area (Å²) in [6.07, 6.45) is -0.766. The predicted molar refractivity (Wildman–Crippen MR) is 75.1 cm³/mol. The number of hydrogen-bond donors (Lipinski definition) is 3. The summed E-state index contributed by atoms with van der Waals surface area (Å²) < 4.78 is 15.8. The normalized spacial score (nSPS) is 13.3. The Kier molecular flexibility index (Phi) is 5.71. The summed E-state index contributed by atoms with van der Waals surface area (Å²) in [5, 5.41) is 9.55. The van der Waals surface area contributed by atoms with Crippen LogP contribution in [0.4, 0.5) is 0 Å². The molecule has 0 amide bonds. The SMILES string of the molecule is Br.NC(N)=NCC(O)COc1ccc2c(c1)OCO2. The molecule has 7 nitrogen and oxygen atoms in total. The van der Waals surface area contributed by atoms with Crippen LogP contribution in [0.5, 0.6) is 17.2 Å². The molecular weight excluding hydrogens is 318 g/mol. The summed E-state index contributed by atoms with van der Waals surface area (Å²) in [5.74, 6) is 1.84. The molecule has 0 saturated carbocycles.